The van der Waals surface area contributed by atoms with Crippen molar-refractivity contribution < 1.29 is 23.8 Å². The Kier molecular flexibility index (Phi) is 2.63. The zero-order valence-electron chi connectivity index (χ0n) is 8.84. The van der Waals surface area contributed by atoms with Crippen molar-refractivity contribution in [3.05, 3.63) is 24.4 Å². The number of rotatable bonds is 3. The van der Waals surface area contributed by atoms with Crippen molar-refractivity contribution in [3.63, 3.8) is 0 Å². The van der Waals surface area contributed by atoms with Gasteiger partial charge in [-0.05, 0) is 10.7 Å². The quantitative estimate of drug-likeness (QED) is 0.686. The fraction of sp³-hybridized carbons (Fsp3) is 0.200. The monoisotopic (exact) mass is 222 g/mol. The Balaban J connectivity index is 2.48. The largest absolute Gasteiger partial charge is 0.539 e. The van der Waals surface area contributed by atoms with E-state index in [1.807, 2.05) is 0 Å². The molecule has 16 heavy (non-hydrogen) atoms. The molecule has 0 saturated heterocycles. The molecule has 2 rings (SSSR count). The summed E-state index contributed by atoms with van der Waals surface area (Å²) in [7, 11) is 3.09. The molecule has 0 aliphatic rings. The average molecular weight is 222 g/mol. The molecule has 1 aromatic carbocycles. The zero-order valence-corrected chi connectivity index (χ0v) is 8.84. The van der Waals surface area contributed by atoms with Gasteiger partial charge in [-0.15, -0.1) is 0 Å². The van der Waals surface area contributed by atoms with Gasteiger partial charge in [0.25, 0.3) is 5.69 Å². The maximum Gasteiger partial charge on any atom is 0.281 e. The highest BCUT2D eigenvalue weighted by Crippen LogP contribution is 2.24. The molecule has 0 bridgehead atoms. The third-order valence-electron chi connectivity index (χ3n) is 2.08. The number of ether oxygens (including phenoxy) is 2. The minimum Gasteiger partial charge on any atom is -0.539 e. The standard InChI is InChI=1S/C10H10N2O4/c1-14-7-3-4-8(9(5-7)15-2)12-6-10(13)16-11-12/h3-6H,1-2H3. The van der Waals surface area contributed by atoms with Crippen LogP contribution < -0.4 is 19.3 Å². The van der Waals surface area contributed by atoms with E-state index >= 15 is 0 Å². The summed E-state index contributed by atoms with van der Waals surface area (Å²) in [6.07, 6.45) is 1.23. The lowest BCUT2D eigenvalue weighted by Crippen LogP contribution is -2.31. The molecule has 0 radical (unpaired) electrons. The molecule has 0 N–H and O–H groups in total. The van der Waals surface area contributed by atoms with Gasteiger partial charge in [0.2, 0.25) is 6.20 Å². The van der Waals surface area contributed by atoms with E-state index in [2.05, 4.69) is 9.79 Å². The summed E-state index contributed by atoms with van der Waals surface area (Å²) in [6, 6.07) is 5.16. The van der Waals surface area contributed by atoms with E-state index in [4.69, 9.17) is 9.47 Å². The minimum absolute atomic E-state index is 0.516. The van der Waals surface area contributed by atoms with Crippen LogP contribution in [0.5, 0.6) is 17.4 Å². The summed E-state index contributed by atoms with van der Waals surface area (Å²) < 4.78 is 16.0. The van der Waals surface area contributed by atoms with Gasteiger partial charge in [-0.2, -0.15) is 0 Å². The van der Waals surface area contributed by atoms with Gasteiger partial charge in [-0.1, -0.05) is 0 Å². The molecule has 1 heterocycles. The first-order valence-electron chi connectivity index (χ1n) is 4.52. The molecule has 0 spiro atoms. The highest BCUT2D eigenvalue weighted by Gasteiger charge is 2.16. The molecular formula is C10H10N2O4. The summed E-state index contributed by atoms with van der Waals surface area (Å²) in [5, 5.41) is 14.4. The molecule has 1 aromatic heterocycles. The van der Waals surface area contributed by atoms with Gasteiger partial charge in [-0.25, -0.2) is 0 Å². The molecule has 2 aromatic rings. The van der Waals surface area contributed by atoms with Crippen LogP contribution in [0, 0.1) is 0 Å². The van der Waals surface area contributed by atoms with Gasteiger partial charge in [0, 0.05) is 12.1 Å². The van der Waals surface area contributed by atoms with Crippen LogP contribution in [0.1, 0.15) is 0 Å². The lowest BCUT2D eigenvalue weighted by molar-refractivity contribution is -0.670. The van der Waals surface area contributed by atoms with Crippen molar-refractivity contribution >= 4 is 0 Å². The number of aromatic nitrogens is 2. The molecule has 0 amide bonds. The van der Waals surface area contributed by atoms with Gasteiger partial charge >= 0.3 is 0 Å². The summed E-state index contributed by atoms with van der Waals surface area (Å²) in [5.41, 5.74) is 0.606. The molecule has 6 heteroatoms. The van der Waals surface area contributed by atoms with E-state index in [1.54, 1.807) is 25.3 Å². The fourth-order valence-corrected chi connectivity index (χ4v) is 1.32. The maximum atomic E-state index is 10.9. The highest BCUT2D eigenvalue weighted by atomic mass is 16.6. The van der Waals surface area contributed by atoms with Crippen LogP contribution in [-0.2, 0) is 0 Å². The first-order valence-corrected chi connectivity index (χ1v) is 4.52. The topological polar surface area (TPSA) is 71.4 Å². The van der Waals surface area contributed by atoms with E-state index < -0.39 is 5.95 Å². The Labute approximate surface area is 91.6 Å². The van der Waals surface area contributed by atoms with E-state index in [0.717, 1.165) is 0 Å². The highest BCUT2D eigenvalue weighted by molar-refractivity contribution is 5.45. The van der Waals surface area contributed by atoms with E-state index in [1.165, 1.54) is 18.0 Å². The molecule has 6 nitrogen and oxygen atoms in total. The Hall–Kier alpha value is -2.24. The number of benzene rings is 1. The molecule has 0 fully saturated rings. The van der Waals surface area contributed by atoms with Gasteiger partial charge < -0.3 is 19.1 Å². The van der Waals surface area contributed by atoms with Crippen molar-refractivity contribution in [2.24, 2.45) is 0 Å². The number of nitrogens with zero attached hydrogens (tertiary/aromatic N) is 2. The number of methoxy groups -OCH3 is 2. The zero-order chi connectivity index (χ0) is 11.5. The molecule has 84 valence electrons. The van der Waals surface area contributed by atoms with Crippen LogP contribution in [0.2, 0.25) is 0 Å². The predicted molar refractivity (Wildman–Crippen MR) is 50.6 cm³/mol. The molecule has 0 atom stereocenters. The van der Waals surface area contributed by atoms with Crippen LogP contribution in [0.4, 0.5) is 0 Å². The molecule has 0 unspecified atom stereocenters. The van der Waals surface area contributed by atoms with Crippen LogP contribution in [0.3, 0.4) is 0 Å². The third-order valence-corrected chi connectivity index (χ3v) is 2.08. The second kappa shape index (κ2) is 4.09. The normalized spacial score (nSPS) is 10.1. The van der Waals surface area contributed by atoms with Crippen LogP contribution in [0.15, 0.2) is 28.9 Å². The summed E-state index contributed by atoms with van der Waals surface area (Å²) in [6.45, 7) is 0. The van der Waals surface area contributed by atoms with Gasteiger partial charge in [0.15, 0.2) is 5.75 Å². The lowest BCUT2D eigenvalue weighted by Gasteiger charge is -2.03. The SMILES string of the molecule is COc1ccc(-[n+]2cc([O-])on2)c(OC)c1. The Morgan fingerprint density at radius 2 is 2.12 bits per heavy atom. The van der Waals surface area contributed by atoms with E-state index in [0.29, 0.717) is 17.2 Å². The van der Waals surface area contributed by atoms with Gasteiger partial charge in [0.1, 0.15) is 11.7 Å². The fourth-order valence-electron chi connectivity index (χ4n) is 1.32. The van der Waals surface area contributed by atoms with Gasteiger partial charge in [0.05, 0.1) is 19.5 Å². The second-order valence-corrected chi connectivity index (χ2v) is 3.00. The molecular weight excluding hydrogens is 212 g/mol. The van der Waals surface area contributed by atoms with Crippen LogP contribution in [0.25, 0.3) is 5.69 Å². The van der Waals surface area contributed by atoms with E-state index in [-0.39, 0.29) is 0 Å². The third kappa shape index (κ3) is 1.77. The first kappa shape index (κ1) is 10.3. The number of hydrogen-bond donors (Lipinski definition) is 0. The maximum absolute atomic E-state index is 10.9. The number of hydrogen-bond acceptors (Lipinski definition) is 5. The minimum atomic E-state index is -0.516. The van der Waals surface area contributed by atoms with E-state index in [9.17, 15) is 5.11 Å². The van der Waals surface area contributed by atoms with Crippen molar-refractivity contribution in [2.45, 2.75) is 0 Å². The predicted octanol–water partition coefficient (Wildman–Crippen LogP) is 0.0421. The molecule has 0 saturated carbocycles. The van der Waals surface area contributed by atoms with Crippen LogP contribution >= 0.6 is 0 Å². The average Bonchev–Trinajstić information content (AvgIpc) is 2.74. The molecule has 0 aliphatic carbocycles. The van der Waals surface area contributed by atoms with Crippen molar-refractivity contribution in [1.29, 1.82) is 0 Å². The summed E-state index contributed by atoms with van der Waals surface area (Å²) in [4.78, 5) is 0. The summed E-state index contributed by atoms with van der Waals surface area (Å²) in [5.74, 6) is 0.683. The van der Waals surface area contributed by atoms with Gasteiger partial charge in [-0.3, -0.25) is 0 Å². The molecule has 0 aliphatic heterocycles. The second-order valence-electron chi connectivity index (χ2n) is 3.00. The first-order chi connectivity index (χ1) is 7.74. The Bertz CT molecular complexity index is 495. The van der Waals surface area contributed by atoms with Crippen LogP contribution in [-0.4, -0.2) is 19.5 Å². The van der Waals surface area contributed by atoms with Crippen molar-refractivity contribution in [1.82, 2.24) is 5.27 Å². The Morgan fingerprint density at radius 1 is 1.31 bits per heavy atom. The lowest BCUT2D eigenvalue weighted by atomic mass is 10.3. The van der Waals surface area contributed by atoms with Crippen molar-refractivity contribution in [3.8, 4) is 23.1 Å². The Morgan fingerprint density at radius 3 is 2.69 bits per heavy atom. The van der Waals surface area contributed by atoms with Crippen molar-refractivity contribution in [2.75, 3.05) is 14.2 Å². The summed E-state index contributed by atoms with van der Waals surface area (Å²) >= 11 is 0. The smallest absolute Gasteiger partial charge is 0.281 e.